The van der Waals surface area contributed by atoms with Gasteiger partial charge in [-0.3, -0.25) is 9.59 Å². The molecule has 164 valence electrons. The van der Waals surface area contributed by atoms with Crippen LogP contribution in [-0.2, 0) is 9.59 Å². The van der Waals surface area contributed by atoms with E-state index in [1.165, 1.54) is 0 Å². The fourth-order valence-corrected chi connectivity index (χ4v) is 4.71. The number of benzene rings is 1. The summed E-state index contributed by atoms with van der Waals surface area (Å²) in [6, 6.07) is 13.5. The number of nitrogens with zero attached hydrogens (tertiary/aromatic N) is 6. The average Bonchev–Trinajstić information content (AvgIpc) is 3.49. The summed E-state index contributed by atoms with van der Waals surface area (Å²) >= 11 is 3.45. The van der Waals surface area contributed by atoms with Gasteiger partial charge in [-0.2, -0.15) is 0 Å². The Morgan fingerprint density at radius 1 is 0.969 bits per heavy atom. The van der Waals surface area contributed by atoms with Crippen LogP contribution in [0.1, 0.15) is 6.42 Å². The van der Waals surface area contributed by atoms with Gasteiger partial charge in [-0.25, -0.2) is 9.97 Å². The highest BCUT2D eigenvalue weighted by atomic mass is 79.9. The van der Waals surface area contributed by atoms with Gasteiger partial charge in [-0.1, -0.05) is 22.0 Å². The van der Waals surface area contributed by atoms with E-state index in [9.17, 15) is 9.59 Å². The summed E-state index contributed by atoms with van der Waals surface area (Å²) in [5.74, 6) is 1.43. The van der Waals surface area contributed by atoms with E-state index in [1.54, 1.807) is 11.2 Å². The van der Waals surface area contributed by atoms with Gasteiger partial charge in [0.2, 0.25) is 11.8 Å². The standard InChI is InChI=1S/C23H23BrN6O2/c24-18-4-3-5-19(13-18)30-15-17(12-22(30)31)23(32)29-10-8-28(9-11-29)21-14-20(25-16-26-21)27-6-1-2-7-27/h1-7,13-14,16-17H,8-12,15H2. The highest BCUT2D eigenvalue weighted by Gasteiger charge is 2.38. The molecule has 1 atom stereocenters. The van der Waals surface area contributed by atoms with Gasteiger partial charge in [0, 0.05) is 67.8 Å². The summed E-state index contributed by atoms with van der Waals surface area (Å²) in [6.45, 7) is 3.06. The molecule has 4 heterocycles. The molecule has 0 saturated carbocycles. The largest absolute Gasteiger partial charge is 0.353 e. The van der Waals surface area contributed by atoms with Crippen LogP contribution in [0.15, 0.2) is 65.7 Å². The molecule has 2 amide bonds. The van der Waals surface area contributed by atoms with Crippen LogP contribution in [0.3, 0.4) is 0 Å². The molecule has 9 heteroatoms. The van der Waals surface area contributed by atoms with Gasteiger partial charge in [0.1, 0.15) is 18.0 Å². The Labute approximate surface area is 194 Å². The Kier molecular flexibility index (Phi) is 5.65. The molecule has 2 aliphatic rings. The van der Waals surface area contributed by atoms with E-state index in [2.05, 4.69) is 30.8 Å². The first kappa shape index (κ1) is 20.7. The third kappa shape index (κ3) is 4.12. The SMILES string of the molecule is O=C(C1CC(=O)N(c2cccc(Br)c2)C1)N1CCN(c2cc(-n3cccc3)ncn2)CC1. The molecule has 0 aliphatic carbocycles. The lowest BCUT2D eigenvalue weighted by molar-refractivity contribution is -0.136. The Hall–Kier alpha value is -3.20. The van der Waals surface area contributed by atoms with E-state index >= 15 is 0 Å². The number of anilines is 2. The number of piperazine rings is 1. The van der Waals surface area contributed by atoms with E-state index in [0.29, 0.717) is 32.7 Å². The van der Waals surface area contributed by atoms with Gasteiger partial charge >= 0.3 is 0 Å². The fraction of sp³-hybridized carbons (Fsp3) is 0.304. The maximum Gasteiger partial charge on any atom is 0.228 e. The number of aromatic nitrogens is 3. The molecule has 2 saturated heterocycles. The topological polar surface area (TPSA) is 74.6 Å². The van der Waals surface area contributed by atoms with Crippen molar-refractivity contribution in [3.05, 3.63) is 65.7 Å². The van der Waals surface area contributed by atoms with Crippen LogP contribution in [0.4, 0.5) is 11.5 Å². The number of hydrogen-bond acceptors (Lipinski definition) is 5. The number of halogens is 1. The van der Waals surface area contributed by atoms with Crippen LogP contribution in [-0.4, -0.2) is 64.0 Å². The van der Waals surface area contributed by atoms with Gasteiger partial charge < -0.3 is 19.3 Å². The molecule has 0 N–H and O–H groups in total. The summed E-state index contributed by atoms with van der Waals surface area (Å²) in [5.41, 5.74) is 0.826. The molecule has 3 aromatic rings. The molecule has 0 spiro atoms. The van der Waals surface area contributed by atoms with Crippen molar-refractivity contribution in [2.75, 3.05) is 42.5 Å². The Morgan fingerprint density at radius 3 is 2.47 bits per heavy atom. The maximum absolute atomic E-state index is 13.1. The molecule has 0 radical (unpaired) electrons. The van der Waals surface area contributed by atoms with Crippen molar-refractivity contribution >= 4 is 39.2 Å². The predicted molar refractivity (Wildman–Crippen MR) is 125 cm³/mol. The third-order valence-corrected chi connectivity index (χ3v) is 6.51. The first-order chi connectivity index (χ1) is 15.6. The zero-order chi connectivity index (χ0) is 22.1. The minimum Gasteiger partial charge on any atom is -0.353 e. The summed E-state index contributed by atoms with van der Waals surface area (Å²) < 4.78 is 2.86. The van der Waals surface area contributed by atoms with Gasteiger partial charge in [-0.15, -0.1) is 0 Å². The first-order valence-electron chi connectivity index (χ1n) is 10.6. The van der Waals surface area contributed by atoms with E-state index in [1.807, 2.05) is 64.3 Å². The van der Waals surface area contributed by atoms with Gasteiger partial charge in [0.25, 0.3) is 0 Å². The quantitative estimate of drug-likeness (QED) is 0.557. The van der Waals surface area contributed by atoms with E-state index < -0.39 is 0 Å². The van der Waals surface area contributed by atoms with E-state index in [-0.39, 0.29) is 24.2 Å². The highest BCUT2D eigenvalue weighted by molar-refractivity contribution is 9.10. The number of amides is 2. The molecule has 0 bridgehead atoms. The predicted octanol–water partition coefficient (Wildman–Crippen LogP) is 2.73. The maximum atomic E-state index is 13.1. The van der Waals surface area contributed by atoms with Crippen molar-refractivity contribution < 1.29 is 9.59 Å². The normalized spacial score (nSPS) is 19.0. The van der Waals surface area contributed by atoms with Crippen molar-refractivity contribution in [1.82, 2.24) is 19.4 Å². The number of carbonyl (C=O) groups excluding carboxylic acids is 2. The lowest BCUT2D eigenvalue weighted by Crippen LogP contribution is -2.51. The zero-order valence-electron chi connectivity index (χ0n) is 17.5. The number of rotatable bonds is 4. The molecular weight excluding hydrogens is 472 g/mol. The second-order valence-corrected chi connectivity index (χ2v) is 8.94. The van der Waals surface area contributed by atoms with Crippen LogP contribution in [0, 0.1) is 5.92 Å². The zero-order valence-corrected chi connectivity index (χ0v) is 19.1. The lowest BCUT2D eigenvalue weighted by Gasteiger charge is -2.36. The van der Waals surface area contributed by atoms with Crippen LogP contribution in [0.5, 0.6) is 0 Å². The van der Waals surface area contributed by atoms with Crippen molar-refractivity contribution in [2.45, 2.75) is 6.42 Å². The molecule has 2 aromatic heterocycles. The molecular formula is C23H23BrN6O2. The lowest BCUT2D eigenvalue weighted by atomic mass is 10.1. The summed E-state index contributed by atoms with van der Waals surface area (Å²) in [5, 5.41) is 0. The van der Waals surface area contributed by atoms with Crippen molar-refractivity contribution in [3.8, 4) is 5.82 Å². The number of carbonyl (C=O) groups is 2. The molecule has 2 fully saturated rings. The Bertz CT molecular complexity index is 1130. The van der Waals surface area contributed by atoms with Crippen LogP contribution < -0.4 is 9.80 Å². The first-order valence-corrected chi connectivity index (χ1v) is 11.4. The number of hydrogen-bond donors (Lipinski definition) is 0. The Balaban J connectivity index is 1.21. The minimum atomic E-state index is -0.299. The van der Waals surface area contributed by atoms with Crippen LogP contribution in [0.2, 0.25) is 0 Å². The Morgan fingerprint density at radius 2 is 1.72 bits per heavy atom. The highest BCUT2D eigenvalue weighted by Crippen LogP contribution is 2.28. The third-order valence-electron chi connectivity index (χ3n) is 6.02. The summed E-state index contributed by atoms with van der Waals surface area (Å²) in [4.78, 5) is 40.2. The van der Waals surface area contributed by atoms with Crippen molar-refractivity contribution in [2.24, 2.45) is 5.92 Å². The van der Waals surface area contributed by atoms with Crippen molar-refractivity contribution in [3.63, 3.8) is 0 Å². The fourth-order valence-electron chi connectivity index (χ4n) is 4.32. The minimum absolute atomic E-state index is 0.00128. The molecule has 8 nitrogen and oxygen atoms in total. The van der Waals surface area contributed by atoms with Gasteiger partial charge in [0.15, 0.2) is 0 Å². The molecule has 1 unspecified atom stereocenters. The molecule has 32 heavy (non-hydrogen) atoms. The monoisotopic (exact) mass is 494 g/mol. The average molecular weight is 495 g/mol. The van der Waals surface area contributed by atoms with E-state index in [0.717, 1.165) is 21.8 Å². The van der Waals surface area contributed by atoms with Gasteiger partial charge in [0.05, 0.1) is 5.92 Å². The molecule has 2 aliphatic heterocycles. The smallest absolute Gasteiger partial charge is 0.228 e. The summed E-state index contributed by atoms with van der Waals surface area (Å²) in [6.07, 6.45) is 5.73. The summed E-state index contributed by atoms with van der Waals surface area (Å²) in [7, 11) is 0. The van der Waals surface area contributed by atoms with Crippen LogP contribution in [0.25, 0.3) is 5.82 Å². The molecule has 1 aromatic carbocycles. The second-order valence-electron chi connectivity index (χ2n) is 8.02. The van der Waals surface area contributed by atoms with Crippen LogP contribution >= 0.6 is 15.9 Å². The van der Waals surface area contributed by atoms with Crippen molar-refractivity contribution in [1.29, 1.82) is 0 Å². The van der Waals surface area contributed by atoms with E-state index in [4.69, 9.17) is 0 Å². The molecule has 5 rings (SSSR count). The second kappa shape index (κ2) is 8.74. The van der Waals surface area contributed by atoms with Gasteiger partial charge in [-0.05, 0) is 30.3 Å².